The topological polar surface area (TPSA) is 3.24 Å². The van der Waals surface area contributed by atoms with Crippen molar-refractivity contribution >= 4 is 27.8 Å². The van der Waals surface area contributed by atoms with E-state index in [2.05, 4.69) is 157 Å². The molecule has 14 rings (SSSR count). The Balaban J connectivity index is 0.993. The largest absolute Gasteiger partial charge is 0.310 e. The van der Waals surface area contributed by atoms with E-state index in [4.69, 9.17) is 0 Å². The molecular weight excluding hydrogens is 687 g/mol. The number of anilines is 3. The molecule has 0 aromatic heterocycles. The summed E-state index contributed by atoms with van der Waals surface area (Å²) in [6, 6.07) is 58.9. The first-order chi connectivity index (χ1) is 28.2. The van der Waals surface area contributed by atoms with E-state index < -0.39 is 0 Å². The van der Waals surface area contributed by atoms with Crippen LogP contribution in [-0.2, 0) is 10.8 Å². The number of fused-ring (bicyclic) bond motifs is 9. The van der Waals surface area contributed by atoms with Crippen molar-refractivity contribution in [2.75, 3.05) is 4.90 Å². The highest BCUT2D eigenvalue weighted by atomic mass is 15.1. The maximum Gasteiger partial charge on any atom is 0.0468 e. The molecule has 7 aliphatic carbocycles. The highest BCUT2D eigenvalue weighted by Gasteiger charge is 2.61. The van der Waals surface area contributed by atoms with Crippen molar-refractivity contribution in [3.8, 4) is 33.4 Å². The molecule has 0 unspecified atom stereocenters. The Labute approximate surface area is 337 Å². The second-order valence-electron chi connectivity index (χ2n) is 18.8. The Morgan fingerprint density at radius 3 is 1.77 bits per heavy atom. The van der Waals surface area contributed by atoms with Gasteiger partial charge in [-0.2, -0.15) is 0 Å². The van der Waals surface area contributed by atoms with E-state index in [1.165, 1.54) is 131 Å². The van der Waals surface area contributed by atoms with Gasteiger partial charge in [-0.15, -0.1) is 0 Å². The zero-order valence-electron chi connectivity index (χ0n) is 32.8. The Bertz CT molecular complexity index is 2710. The first kappa shape index (κ1) is 32.7. The maximum atomic E-state index is 2.60. The van der Waals surface area contributed by atoms with Crippen molar-refractivity contribution in [3.05, 3.63) is 174 Å². The molecular formula is C56H49N. The summed E-state index contributed by atoms with van der Waals surface area (Å²) in [6.07, 6.45) is 13.6. The highest BCUT2D eigenvalue weighted by Crippen LogP contribution is 2.69. The zero-order valence-corrected chi connectivity index (χ0v) is 32.8. The first-order valence-corrected chi connectivity index (χ1v) is 22.1. The van der Waals surface area contributed by atoms with E-state index in [-0.39, 0.29) is 10.8 Å². The minimum atomic E-state index is 0.104. The summed E-state index contributed by atoms with van der Waals surface area (Å²) in [5, 5.41) is 2.59. The van der Waals surface area contributed by atoms with Crippen LogP contribution in [0.15, 0.2) is 152 Å². The molecule has 0 atom stereocenters. The minimum absolute atomic E-state index is 0.104. The monoisotopic (exact) mass is 735 g/mol. The molecule has 0 aliphatic heterocycles. The molecule has 57 heavy (non-hydrogen) atoms. The first-order valence-electron chi connectivity index (χ1n) is 22.1. The third-order valence-electron chi connectivity index (χ3n) is 16.2. The predicted molar refractivity (Wildman–Crippen MR) is 237 cm³/mol. The molecule has 0 saturated heterocycles. The van der Waals surface area contributed by atoms with Gasteiger partial charge in [-0.25, -0.2) is 0 Å². The van der Waals surface area contributed by atoms with Crippen LogP contribution in [0, 0.1) is 23.7 Å². The predicted octanol–water partition coefficient (Wildman–Crippen LogP) is 14.9. The van der Waals surface area contributed by atoms with Gasteiger partial charge < -0.3 is 4.90 Å². The Hall–Kier alpha value is -5.40. The number of rotatable bonds is 4. The fraction of sp³-hybridized carbons (Fsp3) is 0.286. The van der Waals surface area contributed by atoms with Crippen LogP contribution in [0.25, 0.3) is 44.2 Å². The number of hydrogen-bond donors (Lipinski definition) is 0. The van der Waals surface area contributed by atoms with Gasteiger partial charge in [0.05, 0.1) is 0 Å². The van der Waals surface area contributed by atoms with Crippen molar-refractivity contribution in [1.29, 1.82) is 0 Å². The Morgan fingerprint density at radius 2 is 0.982 bits per heavy atom. The van der Waals surface area contributed by atoms with Gasteiger partial charge in [0, 0.05) is 27.9 Å². The molecule has 7 aromatic rings. The molecule has 1 nitrogen and oxygen atoms in total. The van der Waals surface area contributed by atoms with Gasteiger partial charge in [0.15, 0.2) is 0 Å². The number of nitrogens with zero attached hydrogens (tertiary/aromatic N) is 1. The van der Waals surface area contributed by atoms with E-state index in [9.17, 15) is 0 Å². The SMILES string of the molecule is c1ccc2c(c1)-c1ccc(N(c3ccc(-c4cccc5ccccc45)cc3)c3ccc4c(c3)-c3ccccc3C43C4CC5CC(C4)CC3C5)cc1C21CCCCC1. The van der Waals surface area contributed by atoms with Gasteiger partial charge in [0.1, 0.15) is 0 Å². The van der Waals surface area contributed by atoms with Crippen molar-refractivity contribution in [1.82, 2.24) is 0 Å². The third kappa shape index (κ3) is 4.47. The van der Waals surface area contributed by atoms with Gasteiger partial charge in [-0.3, -0.25) is 0 Å². The second-order valence-corrected chi connectivity index (χ2v) is 18.8. The average Bonchev–Trinajstić information content (AvgIpc) is 3.70. The van der Waals surface area contributed by atoms with Crippen LogP contribution in [0.1, 0.15) is 86.5 Å². The smallest absolute Gasteiger partial charge is 0.0468 e. The van der Waals surface area contributed by atoms with Gasteiger partial charge in [-0.1, -0.05) is 135 Å². The molecule has 278 valence electrons. The lowest BCUT2D eigenvalue weighted by Gasteiger charge is -2.61. The molecule has 5 saturated carbocycles. The van der Waals surface area contributed by atoms with Crippen LogP contribution in [0.3, 0.4) is 0 Å². The van der Waals surface area contributed by atoms with Gasteiger partial charge >= 0.3 is 0 Å². The van der Waals surface area contributed by atoms with Crippen LogP contribution >= 0.6 is 0 Å². The molecule has 0 N–H and O–H groups in total. The average molecular weight is 736 g/mol. The van der Waals surface area contributed by atoms with Crippen molar-refractivity contribution in [2.24, 2.45) is 23.7 Å². The van der Waals surface area contributed by atoms with E-state index in [0.717, 1.165) is 23.7 Å². The lowest BCUT2D eigenvalue weighted by Crippen LogP contribution is -2.55. The highest BCUT2D eigenvalue weighted by molar-refractivity contribution is 5.97. The summed E-state index contributed by atoms with van der Waals surface area (Å²) < 4.78 is 0. The standard InChI is InChI=1S/C56H49N/c1-8-27-55(28-9-1)51-17-6-4-14-47(51)49-25-23-44(35-54(49)55)57(42-21-19-39(20-22-42)46-16-10-12-38-11-2-3-13-45(38)46)43-24-26-53-50(34-43)48-15-5-7-18-52(48)56(53)40-30-36-29-37(32-40)33-41(56)31-36/h2-7,10-26,34-37,40-41H,1,8-9,27-33H2. The summed E-state index contributed by atoms with van der Waals surface area (Å²) in [5.41, 5.74) is 18.8. The van der Waals surface area contributed by atoms with Crippen LogP contribution in [0.4, 0.5) is 17.1 Å². The van der Waals surface area contributed by atoms with Crippen LogP contribution in [-0.4, -0.2) is 0 Å². The number of benzene rings is 7. The molecule has 7 aliphatic rings. The molecule has 2 spiro atoms. The Morgan fingerprint density at radius 1 is 0.404 bits per heavy atom. The molecule has 7 aromatic carbocycles. The number of hydrogen-bond acceptors (Lipinski definition) is 1. The van der Waals surface area contributed by atoms with E-state index in [0.29, 0.717) is 0 Å². The lowest BCUT2D eigenvalue weighted by molar-refractivity contribution is -0.0399. The van der Waals surface area contributed by atoms with Crippen molar-refractivity contribution in [2.45, 2.75) is 75.0 Å². The molecule has 0 amide bonds. The van der Waals surface area contributed by atoms with Gasteiger partial charge in [0.2, 0.25) is 0 Å². The van der Waals surface area contributed by atoms with E-state index in [1.54, 1.807) is 16.7 Å². The maximum absolute atomic E-state index is 2.60. The summed E-state index contributed by atoms with van der Waals surface area (Å²) in [7, 11) is 0. The van der Waals surface area contributed by atoms with Crippen molar-refractivity contribution < 1.29 is 0 Å². The molecule has 0 heterocycles. The van der Waals surface area contributed by atoms with Crippen molar-refractivity contribution in [3.63, 3.8) is 0 Å². The normalized spacial score (nSPS) is 25.4. The lowest BCUT2D eigenvalue weighted by atomic mass is 9.43. The van der Waals surface area contributed by atoms with E-state index >= 15 is 0 Å². The van der Waals surface area contributed by atoms with Crippen LogP contribution < -0.4 is 4.90 Å². The quantitative estimate of drug-likeness (QED) is 0.174. The Kier molecular flexibility index (Phi) is 6.91. The summed E-state index contributed by atoms with van der Waals surface area (Å²) in [4.78, 5) is 2.58. The summed E-state index contributed by atoms with van der Waals surface area (Å²) >= 11 is 0. The fourth-order valence-corrected chi connectivity index (χ4v) is 14.3. The minimum Gasteiger partial charge on any atom is -0.310 e. The van der Waals surface area contributed by atoms with E-state index in [1.807, 2.05) is 0 Å². The summed E-state index contributed by atoms with van der Waals surface area (Å²) in [6.45, 7) is 0. The molecule has 4 bridgehead atoms. The second kappa shape index (κ2) is 12.1. The third-order valence-corrected chi connectivity index (χ3v) is 16.2. The molecule has 0 radical (unpaired) electrons. The fourth-order valence-electron chi connectivity index (χ4n) is 14.3. The summed E-state index contributed by atoms with van der Waals surface area (Å²) in [5.74, 6) is 3.42. The zero-order chi connectivity index (χ0) is 37.3. The van der Waals surface area contributed by atoms with Gasteiger partial charge in [-0.05, 0) is 171 Å². The molecule has 5 fully saturated rings. The molecule has 1 heteroatoms. The van der Waals surface area contributed by atoms with Crippen LogP contribution in [0.5, 0.6) is 0 Å². The van der Waals surface area contributed by atoms with Gasteiger partial charge in [0.25, 0.3) is 0 Å². The van der Waals surface area contributed by atoms with Crippen LogP contribution in [0.2, 0.25) is 0 Å².